The predicted octanol–water partition coefficient (Wildman–Crippen LogP) is 3.65. The van der Waals surface area contributed by atoms with Gasteiger partial charge < -0.3 is 4.74 Å². The second-order valence-electron chi connectivity index (χ2n) is 5.41. The molecule has 0 fully saturated rings. The molecule has 1 heterocycles. The maximum Gasteiger partial charge on any atom is 0.423 e. The Hall–Kier alpha value is -1.08. The lowest BCUT2D eigenvalue weighted by Gasteiger charge is -2.19. The van der Waals surface area contributed by atoms with Crippen molar-refractivity contribution in [1.29, 1.82) is 0 Å². The number of benzene rings is 1. The SMILES string of the molecule is Cn1c(=O)n(C(=O)OC(C)(C)C)c2cc(Br)cc(Br)c21. The molecule has 1 aromatic heterocycles. The van der Waals surface area contributed by atoms with E-state index < -0.39 is 17.4 Å². The standard InChI is InChI=1S/C13H14Br2N2O3/c1-13(2,3)20-12(19)17-9-6-7(14)5-8(15)10(9)16(4)11(17)18/h5-6H,1-4H3. The van der Waals surface area contributed by atoms with Crippen LogP contribution in [0.15, 0.2) is 25.9 Å². The van der Waals surface area contributed by atoms with Crippen LogP contribution in [0.2, 0.25) is 0 Å². The number of carbonyl (C=O) groups is 1. The van der Waals surface area contributed by atoms with E-state index >= 15 is 0 Å². The molecule has 0 saturated heterocycles. The number of fused-ring (bicyclic) bond motifs is 1. The van der Waals surface area contributed by atoms with Gasteiger partial charge in [-0.15, -0.1) is 0 Å². The molecule has 2 rings (SSSR count). The zero-order valence-corrected chi connectivity index (χ0v) is 14.7. The molecular weight excluding hydrogens is 392 g/mol. The van der Waals surface area contributed by atoms with Crippen LogP contribution in [0.25, 0.3) is 11.0 Å². The van der Waals surface area contributed by atoms with Crippen molar-refractivity contribution in [1.82, 2.24) is 9.13 Å². The van der Waals surface area contributed by atoms with Gasteiger partial charge in [0.25, 0.3) is 0 Å². The molecule has 0 aliphatic heterocycles. The fourth-order valence-corrected chi connectivity index (χ4v) is 3.36. The van der Waals surface area contributed by atoms with E-state index in [0.717, 1.165) is 13.5 Å². The van der Waals surface area contributed by atoms with Crippen LogP contribution < -0.4 is 5.69 Å². The Morgan fingerprint density at radius 2 is 1.85 bits per heavy atom. The second kappa shape index (κ2) is 5.04. The lowest BCUT2D eigenvalue weighted by Crippen LogP contribution is -2.33. The molecule has 0 unspecified atom stereocenters. The van der Waals surface area contributed by atoms with Crippen LogP contribution in [-0.4, -0.2) is 20.8 Å². The molecule has 5 nitrogen and oxygen atoms in total. The number of aryl methyl sites for hydroxylation is 1. The lowest BCUT2D eigenvalue weighted by molar-refractivity contribution is 0.0537. The Kier molecular flexibility index (Phi) is 3.85. The molecule has 0 atom stereocenters. The van der Waals surface area contributed by atoms with E-state index in [2.05, 4.69) is 31.9 Å². The van der Waals surface area contributed by atoms with Crippen molar-refractivity contribution in [3.8, 4) is 0 Å². The summed E-state index contributed by atoms with van der Waals surface area (Å²) in [7, 11) is 1.62. The first kappa shape index (κ1) is 15.3. The monoisotopic (exact) mass is 404 g/mol. The molecule has 0 aliphatic rings. The molecule has 0 bridgehead atoms. The van der Waals surface area contributed by atoms with Gasteiger partial charge in [0.15, 0.2) is 0 Å². The summed E-state index contributed by atoms with van der Waals surface area (Å²) in [6, 6.07) is 3.53. The average molecular weight is 406 g/mol. The third-order valence-electron chi connectivity index (χ3n) is 2.64. The van der Waals surface area contributed by atoms with Crippen molar-refractivity contribution in [3.05, 3.63) is 31.6 Å². The van der Waals surface area contributed by atoms with Crippen LogP contribution in [0, 0.1) is 0 Å². The number of nitrogens with zero attached hydrogens (tertiary/aromatic N) is 2. The summed E-state index contributed by atoms with van der Waals surface area (Å²) in [6.07, 6.45) is -0.682. The number of hydrogen-bond acceptors (Lipinski definition) is 3. The number of halogens is 2. The maximum absolute atomic E-state index is 12.3. The minimum atomic E-state index is -0.682. The van der Waals surface area contributed by atoms with Crippen molar-refractivity contribution in [3.63, 3.8) is 0 Å². The van der Waals surface area contributed by atoms with Crippen LogP contribution in [-0.2, 0) is 11.8 Å². The van der Waals surface area contributed by atoms with Crippen LogP contribution in [0.3, 0.4) is 0 Å². The molecule has 0 amide bonds. The van der Waals surface area contributed by atoms with E-state index in [1.54, 1.807) is 33.9 Å². The summed E-state index contributed by atoms with van der Waals surface area (Å²) >= 11 is 6.76. The normalized spacial score (nSPS) is 11.9. The van der Waals surface area contributed by atoms with Crippen LogP contribution >= 0.6 is 31.9 Å². The summed E-state index contributed by atoms with van der Waals surface area (Å²) < 4.78 is 9.23. The van der Waals surface area contributed by atoms with Gasteiger partial charge >= 0.3 is 11.8 Å². The number of hydrogen-bond donors (Lipinski definition) is 0. The Labute approximate surface area is 132 Å². The quantitative estimate of drug-likeness (QED) is 0.672. The van der Waals surface area contributed by atoms with E-state index in [1.165, 1.54) is 4.57 Å². The number of imidazole rings is 1. The van der Waals surface area contributed by atoms with Gasteiger partial charge in [0.2, 0.25) is 0 Å². The Morgan fingerprint density at radius 1 is 1.25 bits per heavy atom. The number of carbonyl (C=O) groups excluding carboxylic acids is 1. The molecule has 0 spiro atoms. The van der Waals surface area contributed by atoms with Gasteiger partial charge in [-0.3, -0.25) is 4.57 Å². The molecule has 2 aromatic rings. The zero-order valence-electron chi connectivity index (χ0n) is 11.5. The molecule has 0 aliphatic carbocycles. The summed E-state index contributed by atoms with van der Waals surface area (Å²) in [6.45, 7) is 5.27. The van der Waals surface area contributed by atoms with E-state index in [1.807, 2.05) is 6.07 Å². The third-order valence-corrected chi connectivity index (χ3v) is 3.70. The second-order valence-corrected chi connectivity index (χ2v) is 7.18. The minimum absolute atomic E-state index is 0.437. The van der Waals surface area contributed by atoms with Gasteiger partial charge in [-0.25, -0.2) is 9.59 Å². The first-order valence-electron chi connectivity index (χ1n) is 5.91. The molecule has 0 radical (unpaired) electrons. The van der Waals surface area contributed by atoms with Crippen molar-refractivity contribution in [2.24, 2.45) is 7.05 Å². The third kappa shape index (κ3) is 2.69. The van der Waals surface area contributed by atoms with Gasteiger partial charge in [-0.1, -0.05) is 15.9 Å². The molecule has 20 heavy (non-hydrogen) atoms. The summed E-state index contributed by atoms with van der Waals surface area (Å²) in [5, 5.41) is 0. The fourth-order valence-electron chi connectivity index (χ4n) is 1.89. The number of rotatable bonds is 0. The Balaban J connectivity index is 2.74. The van der Waals surface area contributed by atoms with Gasteiger partial charge in [-0.05, 0) is 48.8 Å². The smallest absolute Gasteiger partial charge is 0.423 e. The highest BCUT2D eigenvalue weighted by Crippen LogP contribution is 2.28. The Morgan fingerprint density at radius 3 is 2.40 bits per heavy atom. The highest BCUT2D eigenvalue weighted by atomic mass is 79.9. The van der Waals surface area contributed by atoms with E-state index in [9.17, 15) is 9.59 Å². The number of aromatic nitrogens is 2. The molecule has 1 aromatic carbocycles. The van der Waals surface area contributed by atoms with E-state index in [4.69, 9.17) is 4.74 Å². The molecule has 0 N–H and O–H groups in total. The van der Waals surface area contributed by atoms with Gasteiger partial charge in [0.05, 0.1) is 11.0 Å². The molecule has 7 heteroatoms. The van der Waals surface area contributed by atoms with E-state index in [-0.39, 0.29) is 0 Å². The highest BCUT2D eigenvalue weighted by Gasteiger charge is 2.24. The van der Waals surface area contributed by atoms with Crippen LogP contribution in [0.4, 0.5) is 4.79 Å². The summed E-state index contributed by atoms with van der Waals surface area (Å²) in [5.74, 6) is 0. The van der Waals surface area contributed by atoms with Gasteiger partial charge in [0, 0.05) is 16.0 Å². The van der Waals surface area contributed by atoms with Crippen LogP contribution in [0.5, 0.6) is 0 Å². The largest absolute Gasteiger partial charge is 0.443 e. The topological polar surface area (TPSA) is 53.2 Å². The van der Waals surface area contributed by atoms with Crippen LogP contribution in [0.1, 0.15) is 20.8 Å². The van der Waals surface area contributed by atoms with E-state index in [0.29, 0.717) is 11.0 Å². The first-order chi connectivity index (χ1) is 9.11. The number of ether oxygens (including phenoxy) is 1. The maximum atomic E-state index is 12.3. The average Bonchev–Trinajstić information content (AvgIpc) is 2.48. The molecule has 108 valence electrons. The molecule has 0 saturated carbocycles. The zero-order chi connectivity index (χ0) is 15.2. The summed E-state index contributed by atoms with van der Waals surface area (Å²) in [5.41, 5.74) is 0.0344. The van der Waals surface area contributed by atoms with Crippen molar-refractivity contribution in [2.75, 3.05) is 0 Å². The summed E-state index contributed by atoms with van der Waals surface area (Å²) in [4.78, 5) is 24.5. The lowest BCUT2D eigenvalue weighted by atomic mass is 10.2. The van der Waals surface area contributed by atoms with Gasteiger partial charge in [0.1, 0.15) is 5.60 Å². The van der Waals surface area contributed by atoms with Gasteiger partial charge in [-0.2, -0.15) is 4.57 Å². The predicted molar refractivity (Wildman–Crippen MR) is 84.2 cm³/mol. The van der Waals surface area contributed by atoms with Crippen molar-refractivity contribution >= 4 is 49.0 Å². The molecular formula is C13H14Br2N2O3. The highest BCUT2D eigenvalue weighted by molar-refractivity contribution is 9.11. The Bertz CT molecular complexity index is 754. The first-order valence-corrected chi connectivity index (χ1v) is 7.50. The fraction of sp³-hybridized carbons (Fsp3) is 0.385. The van der Waals surface area contributed by atoms with Crippen molar-refractivity contribution in [2.45, 2.75) is 26.4 Å². The minimum Gasteiger partial charge on any atom is -0.443 e. The van der Waals surface area contributed by atoms with Crippen molar-refractivity contribution < 1.29 is 9.53 Å².